The maximum absolute atomic E-state index is 5.42. The molecule has 2 aromatic rings. The summed E-state index contributed by atoms with van der Waals surface area (Å²) in [4.78, 5) is 8.29. The highest BCUT2D eigenvalue weighted by Crippen LogP contribution is 1.97. The standard InChI is InChI=1S/C10H13N5/c11-7-10-13-8-15(14-10)6-4-9-3-1-2-5-12-9/h1-3,5,8H,4,6-7,11H2. The van der Waals surface area contributed by atoms with E-state index in [1.165, 1.54) is 0 Å². The van der Waals surface area contributed by atoms with E-state index in [-0.39, 0.29) is 0 Å². The predicted molar refractivity (Wildman–Crippen MR) is 55.9 cm³/mol. The molecule has 5 heteroatoms. The Labute approximate surface area is 88.0 Å². The average molecular weight is 203 g/mol. The minimum Gasteiger partial charge on any atom is -0.324 e. The zero-order valence-corrected chi connectivity index (χ0v) is 8.37. The largest absolute Gasteiger partial charge is 0.324 e. The van der Waals surface area contributed by atoms with Crippen LogP contribution in [-0.4, -0.2) is 19.7 Å². The Kier molecular flexibility index (Phi) is 3.04. The van der Waals surface area contributed by atoms with E-state index in [4.69, 9.17) is 5.73 Å². The van der Waals surface area contributed by atoms with Crippen molar-refractivity contribution in [2.45, 2.75) is 19.5 Å². The molecule has 2 rings (SSSR count). The molecule has 0 bridgehead atoms. The summed E-state index contributed by atoms with van der Waals surface area (Å²) in [6, 6.07) is 5.89. The summed E-state index contributed by atoms with van der Waals surface area (Å²) in [5.41, 5.74) is 6.48. The Bertz CT molecular complexity index is 409. The fourth-order valence-electron chi connectivity index (χ4n) is 1.31. The smallest absolute Gasteiger partial charge is 0.164 e. The van der Waals surface area contributed by atoms with Crippen molar-refractivity contribution in [2.24, 2.45) is 5.73 Å². The summed E-state index contributed by atoms with van der Waals surface area (Å²) in [5.74, 6) is 0.677. The first kappa shape index (κ1) is 9.79. The van der Waals surface area contributed by atoms with E-state index in [2.05, 4.69) is 15.1 Å². The number of hydrogen-bond donors (Lipinski definition) is 1. The van der Waals surface area contributed by atoms with Crippen LogP contribution in [0.3, 0.4) is 0 Å². The maximum Gasteiger partial charge on any atom is 0.164 e. The number of pyridine rings is 1. The van der Waals surface area contributed by atoms with E-state index in [0.717, 1.165) is 18.7 Å². The van der Waals surface area contributed by atoms with Crippen LogP contribution in [0, 0.1) is 0 Å². The Balaban J connectivity index is 1.93. The van der Waals surface area contributed by atoms with Crippen LogP contribution in [0.1, 0.15) is 11.5 Å². The van der Waals surface area contributed by atoms with Crippen LogP contribution in [0.4, 0.5) is 0 Å². The zero-order chi connectivity index (χ0) is 10.5. The third-order valence-corrected chi connectivity index (χ3v) is 2.09. The van der Waals surface area contributed by atoms with Gasteiger partial charge in [0, 0.05) is 24.9 Å². The van der Waals surface area contributed by atoms with E-state index in [9.17, 15) is 0 Å². The molecule has 78 valence electrons. The first-order valence-electron chi connectivity index (χ1n) is 4.87. The molecule has 0 radical (unpaired) electrons. The lowest BCUT2D eigenvalue weighted by Crippen LogP contribution is -2.05. The SMILES string of the molecule is NCc1ncn(CCc2ccccn2)n1. The highest BCUT2D eigenvalue weighted by molar-refractivity contribution is 5.03. The number of aryl methyl sites for hydroxylation is 2. The number of hydrogen-bond acceptors (Lipinski definition) is 4. The fourth-order valence-corrected chi connectivity index (χ4v) is 1.31. The maximum atomic E-state index is 5.42. The number of rotatable bonds is 4. The van der Waals surface area contributed by atoms with Crippen LogP contribution in [-0.2, 0) is 19.5 Å². The van der Waals surface area contributed by atoms with Gasteiger partial charge in [0.15, 0.2) is 5.82 Å². The van der Waals surface area contributed by atoms with E-state index in [1.807, 2.05) is 18.2 Å². The Hall–Kier alpha value is -1.75. The number of nitrogens with two attached hydrogens (primary N) is 1. The minimum atomic E-state index is 0.386. The highest BCUT2D eigenvalue weighted by atomic mass is 15.3. The average Bonchev–Trinajstić information content (AvgIpc) is 2.76. The molecule has 0 aromatic carbocycles. The summed E-state index contributed by atoms with van der Waals surface area (Å²) < 4.78 is 1.79. The predicted octanol–water partition coefficient (Wildman–Crippen LogP) is 0.374. The van der Waals surface area contributed by atoms with Crippen LogP contribution >= 0.6 is 0 Å². The molecule has 0 spiro atoms. The van der Waals surface area contributed by atoms with Gasteiger partial charge in [-0.25, -0.2) is 4.98 Å². The quantitative estimate of drug-likeness (QED) is 0.779. The van der Waals surface area contributed by atoms with Crippen molar-refractivity contribution in [3.8, 4) is 0 Å². The fraction of sp³-hybridized carbons (Fsp3) is 0.300. The molecular weight excluding hydrogens is 190 g/mol. The molecule has 0 aliphatic heterocycles. The first-order valence-corrected chi connectivity index (χ1v) is 4.87. The van der Waals surface area contributed by atoms with Gasteiger partial charge < -0.3 is 5.73 Å². The third kappa shape index (κ3) is 2.60. The first-order chi connectivity index (χ1) is 7.38. The Morgan fingerprint density at radius 3 is 2.87 bits per heavy atom. The summed E-state index contributed by atoms with van der Waals surface area (Å²) in [5, 5.41) is 4.20. The molecule has 0 atom stereocenters. The van der Waals surface area contributed by atoms with Crippen molar-refractivity contribution < 1.29 is 0 Å². The molecule has 2 heterocycles. The van der Waals surface area contributed by atoms with Crippen molar-refractivity contribution >= 4 is 0 Å². The van der Waals surface area contributed by atoms with Crippen molar-refractivity contribution in [1.82, 2.24) is 19.7 Å². The van der Waals surface area contributed by atoms with Gasteiger partial charge in [-0.2, -0.15) is 5.10 Å². The lowest BCUT2D eigenvalue weighted by molar-refractivity contribution is 0.599. The molecule has 0 aliphatic rings. The van der Waals surface area contributed by atoms with Gasteiger partial charge >= 0.3 is 0 Å². The molecular formula is C10H13N5. The molecule has 0 saturated carbocycles. The van der Waals surface area contributed by atoms with Gasteiger partial charge in [-0.3, -0.25) is 9.67 Å². The molecule has 5 nitrogen and oxygen atoms in total. The molecule has 0 aliphatic carbocycles. The third-order valence-electron chi connectivity index (χ3n) is 2.09. The van der Waals surface area contributed by atoms with E-state index in [0.29, 0.717) is 12.4 Å². The topological polar surface area (TPSA) is 69.6 Å². The number of aromatic nitrogens is 4. The van der Waals surface area contributed by atoms with Crippen LogP contribution in [0.15, 0.2) is 30.7 Å². The molecule has 0 fully saturated rings. The van der Waals surface area contributed by atoms with Crippen LogP contribution in [0.2, 0.25) is 0 Å². The second kappa shape index (κ2) is 4.65. The van der Waals surface area contributed by atoms with Gasteiger partial charge in [0.25, 0.3) is 0 Å². The van der Waals surface area contributed by atoms with Gasteiger partial charge in [0.05, 0.1) is 6.54 Å². The summed E-state index contributed by atoms with van der Waals surface area (Å²) in [6.07, 6.45) is 4.35. The van der Waals surface area contributed by atoms with Gasteiger partial charge in [-0.1, -0.05) is 6.07 Å². The second-order valence-electron chi connectivity index (χ2n) is 3.20. The molecule has 2 N–H and O–H groups in total. The Morgan fingerprint density at radius 1 is 1.27 bits per heavy atom. The van der Waals surface area contributed by atoms with Crippen LogP contribution < -0.4 is 5.73 Å². The summed E-state index contributed by atoms with van der Waals surface area (Å²) in [6.45, 7) is 1.17. The number of nitrogens with zero attached hydrogens (tertiary/aromatic N) is 4. The van der Waals surface area contributed by atoms with Crippen LogP contribution in [0.5, 0.6) is 0 Å². The lowest BCUT2D eigenvalue weighted by atomic mass is 10.3. The minimum absolute atomic E-state index is 0.386. The van der Waals surface area contributed by atoms with E-state index < -0.39 is 0 Å². The molecule has 15 heavy (non-hydrogen) atoms. The normalized spacial score (nSPS) is 10.5. The molecule has 0 amide bonds. The van der Waals surface area contributed by atoms with Gasteiger partial charge in [-0.15, -0.1) is 0 Å². The second-order valence-corrected chi connectivity index (χ2v) is 3.20. The molecule has 0 saturated heterocycles. The van der Waals surface area contributed by atoms with Gasteiger partial charge in [-0.05, 0) is 12.1 Å². The molecule has 0 unspecified atom stereocenters. The van der Waals surface area contributed by atoms with Crippen LogP contribution in [0.25, 0.3) is 0 Å². The Morgan fingerprint density at radius 2 is 2.20 bits per heavy atom. The molecule has 2 aromatic heterocycles. The highest BCUT2D eigenvalue weighted by Gasteiger charge is 1.99. The summed E-state index contributed by atoms with van der Waals surface area (Å²) >= 11 is 0. The lowest BCUT2D eigenvalue weighted by Gasteiger charge is -1.99. The van der Waals surface area contributed by atoms with Crippen molar-refractivity contribution in [3.05, 3.63) is 42.2 Å². The van der Waals surface area contributed by atoms with E-state index in [1.54, 1.807) is 17.2 Å². The zero-order valence-electron chi connectivity index (χ0n) is 8.37. The van der Waals surface area contributed by atoms with Crippen molar-refractivity contribution in [2.75, 3.05) is 0 Å². The van der Waals surface area contributed by atoms with Crippen molar-refractivity contribution in [3.63, 3.8) is 0 Å². The van der Waals surface area contributed by atoms with Gasteiger partial charge in [0.2, 0.25) is 0 Å². The van der Waals surface area contributed by atoms with Crippen molar-refractivity contribution in [1.29, 1.82) is 0 Å². The monoisotopic (exact) mass is 203 g/mol. The van der Waals surface area contributed by atoms with Gasteiger partial charge in [0.1, 0.15) is 6.33 Å². The summed E-state index contributed by atoms with van der Waals surface area (Å²) in [7, 11) is 0. The van der Waals surface area contributed by atoms with E-state index >= 15 is 0 Å².